The van der Waals surface area contributed by atoms with E-state index in [9.17, 15) is 13.2 Å². The summed E-state index contributed by atoms with van der Waals surface area (Å²) in [5, 5.41) is 0. The molecule has 0 radical (unpaired) electrons. The largest absolute Gasteiger partial charge is 0.418 e. The topological polar surface area (TPSA) is 4.93 Å². The van der Waals surface area contributed by atoms with E-state index in [1.807, 2.05) is 30.3 Å². The van der Waals surface area contributed by atoms with Crippen molar-refractivity contribution in [1.82, 2.24) is 4.57 Å². The van der Waals surface area contributed by atoms with Gasteiger partial charge in [-0.3, -0.25) is 0 Å². The Labute approximate surface area is 97.5 Å². The van der Waals surface area contributed by atoms with Gasteiger partial charge < -0.3 is 4.57 Å². The van der Waals surface area contributed by atoms with E-state index in [2.05, 4.69) is 0 Å². The van der Waals surface area contributed by atoms with Crippen molar-refractivity contribution in [1.29, 1.82) is 0 Å². The van der Waals surface area contributed by atoms with Crippen LogP contribution in [0.4, 0.5) is 13.2 Å². The molecule has 0 atom stereocenters. The number of alkyl halides is 3. The molecule has 0 spiro atoms. The molecular formula is C13H12F3N. The second-order valence-corrected chi connectivity index (χ2v) is 3.99. The Morgan fingerprint density at radius 1 is 1.06 bits per heavy atom. The van der Waals surface area contributed by atoms with Gasteiger partial charge in [-0.05, 0) is 18.1 Å². The number of benzene rings is 1. The summed E-state index contributed by atoms with van der Waals surface area (Å²) in [7, 11) is 1.63. The van der Waals surface area contributed by atoms with Crippen LogP contribution in [0.25, 0.3) is 11.3 Å². The molecule has 0 N–H and O–H groups in total. The second kappa shape index (κ2) is 3.95. The Balaban J connectivity index is 2.61. The van der Waals surface area contributed by atoms with Crippen LogP contribution < -0.4 is 0 Å². The average molecular weight is 239 g/mol. The molecule has 0 aliphatic carbocycles. The molecule has 2 aromatic rings. The molecule has 1 aromatic heterocycles. The number of hydrogen-bond acceptors (Lipinski definition) is 0. The van der Waals surface area contributed by atoms with Crippen molar-refractivity contribution in [3.05, 3.63) is 47.7 Å². The highest BCUT2D eigenvalue weighted by molar-refractivity contribution is 5.66. The van der Waals surface area contributed by atoms with Crippen LogP contribution in [-0.2, 0) is 13.2 Å². The molecule has 4 heteroatoms. The van der Waals surface area contributed by atoms with Crippen molar-refractivity contribution in [3.8, 4) is 11.3 Å². The van der Waals surface area contributed by atoms with E-state index in [0.717, 1.165) is 11.8 Å². The highest BCUT2D eigenvalue weighted by Crippen LogP contribution is 2.37. The molecule has 1 aromatic carbocycles. The fourth-order valence-electron chi connectivity index (χ4n) is 2.05. The van der Waals surface area contributed by atoms with Gasteiger partial charge in [0, 0.05) is 13.2 Å². The molecule has 90 valence electrons. The van der Waals surface area contributed by atoms with Crippen molar-refractivity contribution < 1.29 is 13.2 Å². The zero-order chi connectivity index (χ0) is 12.6. The standard InChI is InChI=1S/C13H12F3N/c1-9-11(13(14,15)16)8-17(2)12(9)10-6-4-3-5-7-10/h3-8H,1-2H3. The molecule has 0 aliphatic heterocycles. The summed E-state index contributed by atoms with van der Waals surface area (Å²) in [6, 6.07) is 9.08. The molecule has 0 saturated carbocycles. The first-order valence-electron chi connectivity index (χ1n) is 5.20. The quantitative estimate of drug-likeness (QED) is 0.708. The normalized spacial score (nSPS) is 11.8. The lowest BCUT2D eigenvalue weighted by molar-refractivity contribution is -0.138. The first kappa shape index (κ1) is 11.8. The van der Waals surface area contributed by atoms with Gasteiger partial charge in [0.2, 0.25) is 0 Å². The van der Waals surface area contributed by atoms with Gasteiger partial charge in [0.25, 0.3) is 0 Å². The van der Waals surface area contributed by atoms with Gasteiger partial charge in [0.05, 0.1) is 11.3 Å². The minimum Gasteiger partial charge on any atom is -0.350 e. The summed E-state index contributed by atoms with van der Waals surface area (Å²) < 4.78 is 39.8. The maximum Gasteiger partial charge on any atom is 0.418 e. The van der Waals surface area contributed by atoms with Crippen molar-refractivity contribution in [3.63, 3.8) is 0 Å². The number of aromatic nitrogens is 1. The summed E-state index contributed by atoms with van der Waals surface area (Å²) >= 11 is 0. The smallest absolute Gasteiger partial charge is 0.350 e. The van der Waals surface area contributed by atoms with E-state index in [1.165, 1.54) is 11.5 Å². The highest BCUT2D eigenvalue weighted by atomic mass is 19.4. The van der Waals surface area contributed by atoms with E-state index in [4.69, 9.17) is 0 Å². The van der Waals surface area contributed by atoms with Crippen molar-refractivity contribution >= 4 is 0 Å². The Hall–Kier alpha value is -1.71. The number of aryl methyl sites for hydroxylation is 1. The molecule has 1 nitrogen and oxygen atoms in total. The molecule has 0 amide bonds. The van der Waals surface area contributed by atoms with E-state index >= 15 is 0 Å². The third-order valence-corrected chi connectivity index (χ3v) is 2.79. The molecule has 0 saturated heterocycles. The first-order chi connectivity index (χ1) is 7.91. The van der Waals surface area contributed by atoms with Gasteiger partial charge in [-0.1, -0.05) is 30.3 Å². The van der Waals surface area contributed by atoms with E-state index in [1.54, 1.807) is 7.05 Å². The van der Waals surface area contributed by atoms with Crippen LogP contribution in [0, 0.1) is 6.92 Å². The fraction of sp³-hybridized carbons (Fsp3) is 0.231. The zero-order valence-corrected chi connectivity index (χ0v) is 9.55. The van der Waals surface area contributed by atoms with Crippen LogP contribution in [0.1, 0.15) is 11.1 Å². The second-order valence-electron chi connectivity index (χ2n) is 3.99. The van der Waals surface area contributed by atoms with Crippen LogP contribution in [0.5, 0.6) is 0 Å². The Morgan fingerprint density at radius 3 is 2.12 bits per heavy atom. The van der Waals surface area contributed by atoms with Crippen molar-refractivity contribution in [2.24, 2.45) is 7.05 Å². The van der Waals surface area contributed by atoms with E-state index in [-0.39, 0.29) is 5.56 Å². The molecule has 2 rings (SSSR count). The molecule has 17 heavy (non-hydrogen) atoms. The van der Waals surface area contributed by atoms with Crippen LogP contribution in [0.3, 0.4) is 0 Å². The summed E-state index contributed by atoms with van der Waals surface area (Å²) in [6.07, 6.45) is -3.16. The van der Waals surface area contributed by atoms with E-state index < -0.39 is 11.7 Å². The minimum absolute atomic E-state index is 0.270. The minimum atomic E-state index is -4.30. The molecular weight excluding hydrogens is 227 g/mol. The molecule has 0 bridgehead atoms. The van der Waals surface area contributed by atoms with Crippen molar-refractivity contribution in [2.45, 2.75) is 13.1 Å². The van der Waals surface area contributed by atoms with E-state index in [0.29, 0.717) is 5.69 Å². The number of halogens is 3. The number of rotatable bonds is 1. The lowest BCUT2D eigenvalue weighted by Crippen LogP contribution is -2.04. The monoisotopic (exact) mass is 239 g/mol. The molecule has 0 unspecified atom stereocenters. The fourth-order valence-corrected chi connectivity index (χ4v) is 2.05. The lowest BCUT2D eigenvalue weighted by Gasteiger charge is -2.06. The summed E-state index contributed by atoms with van der Waals surface area (Å²) in [5.41, 5.74) is 1.10. The Morgan fingerprint density at radius 2 is 1.65 bits per heavy atom. The predicted molar refractivity (Wildman–Crippen MR) is 60.6 cm³/mol. The zero-order valence-electron chi connectivity index (χ0n) is 9.55. The van der Waals surface area contributed by atoms with Crippen LogP contribution in [-0.4, -0.2) is 4.57 Å². The Bertz CT molecular complexity index is 524. The SMILES string of the molecule is Cc1c(C(F)(F)F)cn(C)c1-c1ccccc1. The van der Waals surface area contributed by atoms with Gasteiger partial charge in [0.15, 0.2) is 0 Å². The molecule has 0 fully saturated rings. The van der Waals surface area contributed by atoms with Crippen LogP contribution >= 0.6 is 0 Å². The maximum atomic E-state index is 12.7. The third kappa shape index (κ3) is 2.07. The maximum absolute atomic E-state index is 12.7. The highest BCUT2D eigenvalue weighted by Gasteiger charge is 2.35. The van der Waals surface area contributed by atoms with Gasteiger partial charge in [-0.15, -0.1) is 0 Å². The summed E-state index contributed by atoms with van der Waals surface area (Å²) in [4.78, 5) is 0. The van der Waals surface area contributed by atoms with Gasteiger partial charge in [-0.2, -0.15) is 13.2 Å². The molecule has 0 aliphatic rings. The average Bonchev–Trinajstić information content (AvgIpc) is 2.55. The summed E-state index contributed by atoms with van der Waals surface area (Å²) in [5.74, 6) is 0. The predicted octanol–water partition coefficient (Wildman–Crippen LogP) is 4.02. The first-order valence-corrected chi connectivity index (χ1v) is 5.20. The Kier molecular flexibility index (Phi) is 2.73. The summed E-state index contributed by atoms with van der Waals surface area (Å²) in [6.45, 7) is 1.51. The number of nitrogens with zero attached hydrogens (tertiary/aromatic N) is 1. The van der Waals surface area contributed by atoms with Crippen LogP contribution in [0.15, 0.2) is 36.5 Å². The van der Waals surface area contributed by atoms with Gasteiger partial charge in [-0.25, -0.2) is 0 Å². The third-order valence-electron chi connectivity index (χ3n) is 2.79. The number of hydrogen-bond donors (Lipinski definition) is 0. The molecule has 1 heterocycles. The van der Waals surface area contributed by atoms with Gasteiger partial charge in [0.1, 0.15) is 0 Å². The van der Waals surface area contributed by atoms with Crippen molar-refractivity contribution in [2.75, 3.05) is 0 Å². The van der Waals surface area contributed by atoms with Gasteiger partial charge >= 0.3 is 6.18 Å². The van der Waals surface area contributed by atoms with Crippen LogP contribution in [0.2, 0.25) is 0 Å². The lowest BCUT2D eigenvalue weighted by atomic mass is 10.1.